The van der Waals surface area contributed by atoms with Crippen LogP contribution in [-0.2, 0) is 9.84 Å². The zero-order valence-corrected chi connectivity index (χ0v) is 17.9. The van der Waals surface area contributed by atoms with E-state index in [1.165, 1.54) is 18.4 Å². The van der Waals surface area contributed by atoms with Crippen molar-refractivity contribution >= 4 is 33.1 Å². The van der Waals surface area contributed by atoms with Gasteiger partial charge in [0.1, 0.15) is 12.4 Å². The summed E-state index contributed by atoms with van der Waals surface area (Å²) in [6.45, 7) is 4.11. The highest BCUT2D eigenvalue weighted by molar-refractivity contribution is 7.90. The van der Waals surface area contributed by atoms with E-state index in [2.05, 4.69) is 14.8 Å². The molecule has 1 aliphatic rings. The molecule has 1 fully saturated rings. The van der Waals surface area contributed by atoms with E-state index in [9.17, 15) is 8.42 Å². The van der Waals surface area contributed by atoms with Gasteiger partial charge in [0, 0.05) is 43.1 Å². The molecule has 1 saturated heterocycles. The van der Waals surface area contributed by atoms with Crippen molar-refractivity contribution in [2.45, 2.75) is 4.90 Å². The van der Waals surface area contributed by atoms with E-state index in [0.717, 1.165) is 36.9 Å². The zero-order chi connectivity index (χ0) is 20.9. The topological polar surface area (TPSA) is 88.2 Å². The summed E-state index contributed by atoms with van der Waals surface area (Å²) in [4.78, 5) is 9.02. The second-order valence-electron chi connectivity index (χ2n) is 6.78. The van der Waals surface area contributed by atoms with Crippen LogP contribution in [0.1, 0.15) is 0 Å². The quantitative estimate of drug-likeness (QED) is 0.424. The molecule has 29 heavy (non-hydrogen) atoms. The fourth-order valence-electron chi connectivity index (χ4n) is 3.05. The van der Waals surface area contributed by atoms with Gasteiger partial charge in [0.25, 0.3) is 0 Å². The fraction of sp³-hybridized carbons (Fsp3) is 0.350. The summed E-state index contributed by atoms with van der Waals surface area (Å²) in [6.07, 6.45) is 1.18. The average Bonchev–Trinajstić information content (AvgIpc) is 2.71. The Kier molecular flexibility index (Phi) is 6.87. The van der Waals surface area contributed by atoms with Gasteiger partial charge in [-0.25, -0.2) is 13.4 Å². The van der Waals surface area contributed by atoms with Gasteiger partial charge < -0.3 is 20.3 Å². The third-order valence-electron chi connectivity index (χ3n) is 4.68. The second-order valence-corrected chi connectivity index (χ2v) is 9.23. The van der Waals surface area contributed by atoms with Gasteiger partial charge in [-0.05, 0) is 48.5 Å². The summed E-state index contributed by atoms with van der Waals surface area (Å²) in [5.74, 6) is 1.11. The molecule has 0 unspecified atom stereocenters. The van der Waals surface area contributed by atoms with Crippen molar-refractivity contribution in [1.82, 2.24) is 4.90 Å². The number of aliphatic imine (C=N–C) groups is 1. The molecule has 1 aliphatic heterocycles. The lowest BCUT2D eigenvalue weighted by Crippen LogP contribution is -2.51. The van der Waals surface area contributed by atoms with Gasteiger partial charge >= 0.3 is 0 Å². The van der Waals surface area contributed by atoms with E-state index in [4.69, 9.17) is 22.1 Å². The van der Waals surface area contributed by atoms with E-state index in [1.54, 1.807) is 12.1 Å². The van der Waals surface area contributed by atoms with E-state index in [1.807, 2.05) is 24.3 Å². The van der Waals surface area contributed by atoms with Crippen LogP contribution in [-0.4, -0.2) is 64.9 Å². The lowest BCUT2D eigenvalue weighted by atomic mass is 10.2. The molecule has 0 saturated carbocycles. The van der Waals surface area contributed by atoms with Gasteiger partial charge in [0.2, 0.25) is 0 Å². The first-order chi connectivity index (χ1) is 13.8. The maximum Gasteiger partial charge on any atom is 0.191 e. The first-order valence-corrected chi connectivity index (χ1v) is 11.6. The van der Waals surface area contributed by atoms with Crippen LogP contribution >= 0.6 is 11.6 Å². The smallest absolute Gasteiger partial charge is 0.191 e. The summed E-state index contributed by atoms with van der Waals surface area (Å²) in [5.41, 5.74) is 7.27. The largest absolute Gasteiger partial charge is 0.492 e. The number of nitrogens with two attached hydrogens (primary N) is 1. The molecular formula is C20H25ClN4O3S. The van der Waals surface area contributed by atoms with Crippen LogP contribution in [0.3, 0.4) is 0 Å². The first-order valence-electron chi connectivity index (χ1n) is 9.31. The Morgan fingerprint density at radius 1 is 1.07 bits per heavy atom. The molecule has 156 valence electrons. The van der Waals surface area contributed by atoms with Crippen LogP contribution in [0.25, 0.3) is 0 Å². The zero-order valence-electron chi connectivity index (χ0n) is 16.3. The Morgan fingerprint density at radius 2 is 1.69 bits per heavy atom. The van der Waals surface area contributed by atoms with Crippen LogP contribution in [0.5, 0.6) is 5.75 Å². The number of hydrogen-bond donors (Lipinski definition) is 1. The Hall–Kier alpha value is -2.45. The van der Waals surface area contributed by atoms with Crippen LogP contribution in [0.4, 0.5) is 5.69 Å². The predicted molar refractivity (Wildman–Crippen MR) is 117 cm³/mol. The number of benzene rings is 2. The number of rotatable bonds is 6. The highest BCUT2D eigenvalue weighted by Gasteiger charge is 2.18. The Morgan fingerprint density at radius 3 is 2.28 bits per heavy atom. The normalized spacial score (nSPS) is 15.4. The fourth-order valence-corrected chi connectivity index (χ4v) is 3.81. The number of guanidine groups is 1. The summed E-state index contributed by atoms with van der Waals surface area (Å²) in [5, 5.41) is 0.734. The van der Waals surface area contributed by atoms with Crippen LogP contribution in [0.2, 0.25) is 5.02 Å². The minimum atomic E-state index is -3.20. The molecule has 0 aromatic heterocycles. The average molecular weight is 437 g/mol. The molecule has 2 N–H and O–H groups in total. The van der Waals surface area contributed by atoms with Crippen LogP contribution in [0, 0.1) is 0 Å². The second kappa shape index (κ2) is 9.37. The van der Waals surface area contributed by atoms with Crippen molar-refractivity contribution in [3.63, 3.8) is 0 Å². The van der Waals surface area contributed by atoms with E-state index in [-0.39, 0.29) is 4.90 Å². The molecule has 2 aromatic rings. The highest BCUT2D eigenvalue weighted by Crippen LogP contribution is 2.19. The monoisotopic (exact) mass is 436 g/mol. The maximum atomic E-state index is 11.5. The number of sulfone groups is 1. The van der Waals surface area contributed by atoms with Gasteiger partial charge in [-0.2, -0.15) is 0 Å². The maximum absolute atomic E-state index is 11.5. The first kappa shape index (κ1) is 21.3. The molecule has 0 amide bonds. The Labute approximate surface area is 176 Å². The van der Waals surface area contributed by atoms with Gasteiger partial charge in [-0.3, -0.25) is 0 Å². The molecule has 0 aliphatic carbocycles. The van der Waals surface area contributed by atoms with Crippen LogP contribution in [0.15, 0.2) is 58.4 Å². The Balaban J connectivity index is 1.43. The summed E-state index contributed by atoms with van der Waals surface area (Å²) < 4.78 is 28.5. The molecule has 9 heteroatoms. The molecule has 7 nitrogen and oxygen atoms in total. The SMILES string of the molecule is CS(=O)(=O)c1ccc(OCCN=C(N)N2CCN(c3ccc(Cl)cc3)CC2)cc1. The summed E-state index contributed by atoms with van der Waals surface area (Å²) in [6, 6.07) is 14.2. The third-order valence-corrected chi connectivity index (χ3v) is 6.06. The van der Waals surface area contributed by atoms with Crippen molar-refractivity contribution < 1.29 is 13.2 Å². The predicted octanol–water partition coefficient (Wildman–Crippen LogP) is 2.26. The minimum Gasteiger partial charge on any atom is -0.492 e. The van der Waals surface area contributed by atoms with Crippen molar-refractivity contribution in [3.8, 4) is 5.75 Å². The molecule has 0 spiro atoms. The van der Waals surface area contributed by atoms with Crippen molar-refractivity contribution in [2.24, 2.45) is 10.7 Å². The van der Waals surface area contributed by atoms with E-state index < -0.39 is 9.84 Å². The van der Waals surface area contributed by atoms with Gasteiger partial charge in [-0.1, -0.05) is 11.6 Å². The lowest BCUT2D eigenvalue weighted by Gasteiger charge is -2.36. The summed E-state index contributed by atoms with van der Waals surface area (Å²) in [7, 11) is -3.20. The molecule has 1 heterocycles. The number of piperazine rings is 1. The number of halogens is 1. The standard InChI is InChI=1S/C20H25ClN4O3S/c1-29(26,27)19-8-6-18(7-9-19)28-15-10-23-20(22)25-13-11-24(12-14-25)17-4-2-16(21)3-5-17/h2-9H,10-15H2,1H3,(H2,22,23). The molecule has 2 aromatic carbocycles. The number of ether oxygens (including phenoxy) is 1. The number of hydrogen-bond acceptors (Lipinski definition) is 5. The van der Waals surface area contributed by atoms with Gasteiger partial charge in [-0.15, -0.1) is 0 Å². The summed E-state index contributed by atoms with van der Waals surface area (Å²) >= 11 is 5.95. The van der Waals surface area contributed by atoms with Crippen molar-refractivity contribution in [1.29, 1.82) is 0 Å². The third kappa shape index (κ3) is 6.01. The van der Waals surface area contributed by atoms with Crippen LogP contribution < -0.4 is 15.4 Å². The number of anilines is 1. The molecule has 0 atom stereocenters. The number of nitrogens with zero attached hydrogens (tertiary/aromatic N) is 3. The molecular weight excluding hydrogens is 412 g/mol. The van der Waals surface area contributed by atoms with Gasteiger partial charge in [0.05, 0.1) is 11.4 Å². The highest BCUT2D eigenvalue weighted by atomic mass is 35.5. The van der Waals surface area contributed by atoms with E-state index in [0.29, 0.717) is 24.9 Å². The van der Waals surface area contributed by atoms with Gasteiger partial charge in [0.15, 0.2) is 15.8 Å². The van der Waals surface area contributed by atoms with Crippen molar-refractivity contribution in [2.75, 3.05) is 50.5 Å². The molecule has 3 rings (SSSR count). The van der Waals surface area contributed by atoms with Crippen molar-refractivity contribution in [3.05, 3.63) is 53.6 Å². The molecule has 0 bridgehead atoms. The lowest BCUT2D eigenvalue weighted by molar-refractivity contribution is 0.326. The van der Waals surface area contributed by atoms with E-state index >= 15 is 0 Å². The Bertz CT molecular complexity index is 939. The molecule has 0 radical (unpaired) electrons. The minimum absolute atomic E-state index is 0.268.